The van der Waals surface area contributed by atoms with Gasteiger partial charge in [-0.05, 0) is 43.2 Å². The molecule has 0 radical (unpaired) electrons. The fourth-order valence-electron chi connectivity index (χ4n) is 1.91. The van der Waals surface area contributed by atoms with E-state index in [9.17, 15) is 0 Å². The van der Waals surface area contributed by atoms with E-state index in [1.165, 1.54) is 0 Å². The third kappa shape index (κ3) is 3.56. The Labute approximate surface area is 124 Å². The minimum atomic E-state index is 0.143. The molecule has 0 aromatic heterocycles. The van der Waals surface area contributed by atoms with Crippen molar-refractivity contribution in [2.24, 2.45) is 5.73 Å². The summed E-state index contributed by atoms with van der Waals surface area (Å²) in [7, 11) is 0. The zero-order valence-electron chi connectivity index (χ0n) is 11.3. The molecule has 0 spiro atoms. The lowest BCUT2D eigenvalue weighted by atomic mass is 10.1. The second kappa shape index (κ2) is 6.50. The summed E-state index contributed by atoms with van der Waals surface area (Å²) < 4.78 is 5.83. The molecule has 0 aliphatic carbocycles. The van der Waals surface area contributed by atoms with Crippen molar-refractivity contribution in [2.75, 3.05) is 6.61 Å². The third-order valence-electron chi connectivity index (χ3n) is 2.95. The van der Waals surface area contributed by atoms with Crippen molar-refractivity contribution in [3.63, 3.8) is 0 Å². The number of hydrogen-bond donors (Lipinski definition) is 2. The molecule has 4 heteroatoms. The first-order chi connectivity index (χ1) is 9.60. The summed E-state index contributed by atoms with van der Waals surface area (Å²) in [6.45, 7) is 2.12. The molecular formula is C16H17NO2S. The molecule has 0 heterocycles. The molecule has 0 aliphatic heterocycles. The summed E-state index contributed by atoms with van der Waals surface area (Å²) in [6.07, 6.45) is 0.642. The highest BCUT2D eigenvalue weighted by molar-refractivity contribution is 7.80. The summed E-state index contributed by atoms with van der Waals surface area (Å²) in [5, 5.41) is 8.89. The first-order valence-electron chi connectivity index (χ1n) is 6.38. The van der Waals surface area contributed by atoms with Crippen LogP contribution in [-0.4, -0.2) is 16.7 Å². The number of nitrogens with two attached hydrogens (primary N) is 1. The first-order valence-corrected chi connectivity index (χ1v) is 6.79. The number of aliphatic hydroxyl groups is 1. The van der Waals surface area contributed by atoms with Gasteiger partial charge in [0, 0.05) is 6.61 Å². The van der Waals surface area contributed by atoms with Crippen LogP contribution in [-0.2, 0) is 6.42 Å². The molecule has 2 aromatic rings. The van der Waals surface area contributed by atoms with E-state index in [1.807, 2.05) is 49.4 Å². The lowest BCUT2D eigenvalue weighted by Gasteiger charge is -2.11. The Hall–Kier alpha value is -1.91. The van der Waals surface area contributed by atoms with Crippen molar-refractivity contribution in [3.05, 3.63) is 59.2 Å². The first kappa shape index (κ1) is 14.5. The number of ether oxygens (including phenoxy) is 1. The van der Waals surface area contributed by atoms with Gasteiger partial charge in [0.1, 0.15) is 16.5 Å². The highest BCUT2D eigenvalue weighted by Crippen LogP contribution is 2.26. The molecule has 104 valence electrons. The van der Waals surface area contributed by atoms with Gasteiger partial charge < -0.3 is 15.6 Å². The van der Waals surface area contributed by atoms with Crippen molar-refractivity contribution in [1.82, 2.24) is 0 Å². The average molecular weight is 287 g/mol. The Kier molecular flexibility index (Phi) is 4.71. The summed E-state index contributed by atoms with van der Waals surface area (Å²) >= 11 is 5.05. The van der Waals surface area contributed by atoms with Gasteiger partial charge in [-0.3, -0.25) is 0 Å². The van der Waals surface area contributed by atoms with Gasteiger partial charge in [0.25, 0.3) is 0 Å². The van der Waals surface area contributed by atoms with Crippen LogP contribution >= 0.6 is 12.2 Å². The van der Waals surface area contributed by atoms with Crippen LogP contribution in [0.25, 0.3) is 0 Å². The van der Waals surface area contributed by atoms with Crippen molar-refractivity contribution in [2.45, 2.75) is 13.3 Å². The fraction of sp³-hybridized carbons (Fsp3) is 0.188. The molecule has 0 saturated carbocycles. The lowest BCUT2D eigenvalue weighted by Crippen LogP contribution is -2.11. The maximum Gasteiger partial charge on any atom is 0.137 e. The van der Waals surface area contributed by atoms with Crippen LogP contribution in [0.5, 0.6) is 11.5 Å². The van der Waals surface area contributed by atoms with E-state index >= 15 is 0 Å². The SMILES string of the molecule is Cc1ccc(Oc2ccc(CCO)cc2)c(C(N)=S)c1. The number of rotatable bonds is 5. The minimum absolute atomic E-state index is 0.143. The third-order valence-corrected chi connectivity index (χ3v) is 3.17. The molecule has 0 bridgehead atoms. The zero-order chi connectivity index (χ0) is 14.5. The van der Waals surface area contributed by atoms with E-state index in [0.29, 0.717) is 22.9 Å². The predicted octanol–water partition coefficient (Wildman–Crippen LogP) is 2.96. The van der Waals surface area contributed by atoms with Crippen molar-refractivity contribution < 1.29 is 9.84 Å². The maximum atomic E-state index is 8.89. The number of aliphatic hydroxyl groups excluding tert-OH is 1. The topological polar surface area (TPSA) is 55.5 Å². The standard InChI is InChI=1S/C16H17NO2S/c1-11-2-7-15(14(10-11)16(17)20)19-13-5-3-12(4-6-13)8-9-18/h2-7,10,18H,8-9H2,1H3,(H2,17,20). The molecule has 3 N–H and O–H groups in total. The summed E-state index contributed by atoms with van der Waals surface area (Å²) in [5.41, 5.74) is 8.61. The predicted molar refractivity (Wildman–Crippen MR) is 84.4 cm³/mol. The Balaban J connectivity index is 2.23. The van der Waals surface area contributed by atoms with Crippen molar-refractivity contribution in [3.8, 4) is 11.5 Å². The number of thiocarbonyl (C=S) groups is 1. The minimum Gasteiger partial charge on any atom is -0.457 e. The van der Waals surface area contributed by atoms with E-state index in [1.54, 1.807) is 0 Å². The molecule has 3 nitrogen and oxygen atoms in total. The zero-order valence-corrected chi connectivity index (χ0v) is 12.1. The van der Waals surface area contributed by atoms with Gasteiger partial charge in [-0.25, -0.2) is 0 Å². The van der Waals surface area contributed by atoms with E-state index in [2.05, 4.69) is 0 Å². The molecule has 2 rings (SSSR count). The smallest absolute Gasteiger partial charge is 0.137 e. The van der Waals surface area contributed by atoms with Gasteiger partial charge in [0.2, 0.25) is 0 Å². The molecule has 0 aliphatic rings. The van der Waals surface area contributed by atoms with Crippen LogP contribution in [0.15, 0.2) is 42.5 Å². The Morgan fingerprint density at radius 1 is 1.20 bits per heavy atom. The van der Waals surface area contributed by atoms with Crippen molar-refractivity contribution >= 4 is 17.2 Å². The van der Waals surface area contributed by atoms with E-state index in [4.69, 9.17) is 27.8 Å². The molecule has 2 aromatic carbocycles. The van der Waals surface area contributed by atoms with Gasteiger partial charge in [-0.2, -0.15) is 0 Å². The van der Waals surface area contributed by atoms with Crippen LogP contribution in [0, 0.1) is 6.92 Å². The number of benzene rings is 2. The average Bonchev–Trinajstić information content (AvgIpc) is 2.43. The highest BCUT2D eigenvalue weighted by Gasteiger charge is 2.08. The normalized spacial score (nSPS) is 10.3. The lowest BCUT2D eigenvalue weighted by molar-refractivity contribution is 0.299. The number of aryl methyl sites for hydroxylation is 1. The summed E-state index contributed by atoms with van der Waals surface area (Å²) in [4.78, 5) is 0.320. The molecule has 0 fully saturated rings. The molecular weight excluding hydrogens is 270 g/mol. The molecule has 0 unspecified atom stereocenters. The van der Waals surface area contributed by atoms with Gasteiger partial charge in [0.15, 0.2) is 0 Å². The second-order valence-electron chi connectivity index (χ2n) is 4.58. The Morgan fingerprint density at radius 3 is 2.50 bits per heavy atom. The molecule has 0 atom stereocenters. The van der Waals surface area contributed by atoms with Crippen LogP contribution in [0.3, 0.4) is 0 Å². The van der Waals surface area contributed by atoms with Crippen LogP contribution in [0.1, 0.15) is 16.7 Å². The summed E-state index contributed by atoms with van der Waals surface area (Å²) in [6, 6.07) is 13.3. The molecule has 20 heavy (non-hydrogen) atoms. The van der Waals surface area contributed by atoms with Gasteiger partial charge >= 0.3 is 0 Å². The van der Waals surface area contributed by atoms with Gasteiger partial charge in [-0.1, -0.05) is 36.0 Å². The molecule has 0 amide bonds. The van der Waals surface area contributed by atoms with E-state index in [0.717, 1.165) is 16.7 Å². The second-order valence-corrected chi connectivity index (χ2v) is 5.02. The number of hydrogen-bond acceptors (Lipinski definition) is 3. The Bertz CT molecular complexity index is 608. The van der Waals surface area contributed by atoms with Crippen LogP contribution in [0.2, 0.25) is 0 Å². The largest absolute Gasteiger partial charge is 0.457 e. The Morgan fingerprint density at radius 2 is 1.90 bits per heavy atom. The quantitative estimate of drug-likeness (QED) is 0.830. The van der Waals surface area contributed by atoms with Gasteiger partial charge in [0.05, 0.1) is 5.56 Å². The monoisotopic (exact) mass is 287 g/mol. The van der Waals surface area contributed by atoms with E-state index < -0.39 is 0 Å². The van der Waals surface area contributed by atoms with Crippen molar-refractivity contribution in [1.29, 1.82) is 0 Å². The van der Waals surface area contributed by atoms with Gasteiger partial charge in [-0.15, -0.1) is 0 Å². The maximum absolute atomic E-state index is 8.89. The summed E-state index contributed by atoms with van der Waals surface area (Å²) in [5.74, 6) is 1.37. The fourth-order valence-corrected chi connectivity index (χ4v) is 2.07. The van der Waals surface area contributed by atoms with E-state index in [-0.39, 0.29) is 6.61 Å². The highest BCUT2D eigenvalue weighted by atomic mass is 32.1. The molecule has 0 saturated heterocycles. The van der Waals surface area contributed by atoms with Crippen LogP contribution < -0.4 is 10.5 Å². The van der Waals surface area contributed by atoms with Crippen LogP contribution in [0.4, 0.5) is 0 Å².